The number of hydrogen-bond acceptors (Lipinski definition) is 4. The molecule has 0 bridgehead atoms. The third kappa shape index (κ3) is 2.52. The molecule has 1 heterocycles. The largest absolute Gasteiger partial charge is 0.375 e. The lowest BCUT2D eigenvalue weighted by Crippen LogP contribution is -2.36. The second-order valence-corrected chi connectivity index (χ2v) is 5.43. The minimum atomic E-state index is -0.0476. The molecular formula is C11H17N3OS. The summed E-state index contributed by atoms with van der Waals surface area (Å²) in [5, 5.41) is 3.47. The molecule has 1 atom stereocenters. The molecule has 0 saturated heterocycles. The predicted molar refractivity (Wildman–Crippen MR) is 65.4 cm³/mol. The van der Waals surface area contributed by atoms with E-state index in [1.165, 1.54) is 43.2 Å². The van der Waals surface area contributed by atoms with Gasteiger partial charge in [0.25, 0.3) is 5.91 Å². The highest BCUT2D eigenvalue weighted by Gasteiger charge is 2.23. The normalized spacial score (nSPS) is 18.6. The molecule has 3 N–H and O–H groups in total. The maximum absolute atomic E-state index is 11.8. The van der Waals surface area contributed by atoms with E-state index in [9.17, 15) is 4.79 Å². The van der Waals surface area contributed by atoms with Crippen LogP contribution in [0.2, 0.25) is 0 Å². The molecule has 1 aliphatic carbocycles. The summed E-state index contributed by atoms with van der Waals surface area (Å²) in [6, 6.07) is 0.248. The van der Waals surface area contributed by atoms with Crippen LogP contribution in [0.3, 0.4) is 0 Å². The number of aromatic nitrogens is 1. The van der Waals surface area contributed by atoms with E-state index in [1.807, 2.05) is 0 Å². The molecule has 1 saturated carbocycles. The number of hydrogen-bond donors (Lipinski definition) is 2. The summed E-state index contributed by atoms with van der Waals surface area (Å²) in [7, 11) is 0. The third-order valence-corrected chi connectivity index (χ3v) is 4.04. The van der Waals surface area contributed by atoms with Gasteiger partial charge in [-0.05, 0) is 25.7 Å². The summed E-state index contributed by atoms with van der Waals surface area (Å²) < 4.78 is 0. The van der Waals surface area contributed by atoms with E-state index >= 15 is 0 Å². The number of carbonyl (C=O) groups is 1. The highest BCUT2D eigenvalue weighted by molar-refractivity contribution is 7.17. The van der Waals surface area contributed by atoms with E-state index in [-0.39, 0.29) is 11.9 Å². The number of amides is 1. The number of nitrogens with two attached hydrogens (primary N) is 1. The molecule has 1 aromatic heterocycles. The second kappa shape index (κ2) is 4.82. The first-order chi connectivity index (χ1) is 7.66. The van der Waals surface area contributed by atoms with E-state index < -0.39 is 0 Å². The van der Waals surface area contributed by atoms with Gasteiger partial charge in [0.15, 0.2) is 5.13 Å². The van der Waals surface area contributed by atoms with Crippen LogP contribution in [0.1, 0.15) is 42.3 Å². The molecule has 1 unspecified atom stereocenters. The van der Waals surface area contributed by atoms with Gasteiger partial charge in [0, 0.05) is 6.04 Å². The number of nitrogens with zero attached hydrogens (tertiary/aromatic N) is 1. The Labute approximate surface area is 99.3 Å². The van der Waals surface area contributed by atoms with Crippen LogP contribution in [0.4, 0.5) is 5.13 Å². The molecule has 88 valence electrons. The Morgan fingerprint density at radius 1 is 1.62 bits per heavy atom. The Kier molecular flexibility index (Phi) is 3.43. The minimum absolute atomic E-state index is 0.0476. The molecule has 16 heavy (non-hydrogen) atoms. The fraction of sp³-hybridized carbons (Fsp3) is 0.636. The van der Waals surface area contributed by atoms with E-state index in [4.69, 9.17) is 5.73 Å². The van der Waals surface area contributed by atoms with Crippen molar-refractivity contribution in [2.75, 3.05) is 5.73 Å². The molecular weight excluding hydrogens is 222 g/mol. The van der Waals surface area contributed by atoms with E-state index in [0.717, 1.165) is 0 Å². The standard InChI is InChI=1S/C11H17N3OS/c1-7(8-4-2-3-5-8)14-10(15)9-6-13-11(12)16-9/h6-8H,2-5H2,1H3,(H2,12,13)(H,14,15). The molecule has 5 heteroatoms. The Balaban J connectivity index is 1.91. The number of carbonyl (C=O) groups excluding carboxylic acids is 1. The Morgan fingerprint density at radius 3 is 2.88 bits per heavy atom. The van der Waals surface area contributed by atoms with Gasteiger partial charge < -0.3 is 11.1 Å². The van der Waals surface area contributed by atoms with Gasteiger partial charge in [-0.25, -0.2) is 4.98 Å². The van der Waals surface area contributed by atoms with E-state index in [1.54, 1.807) is 0 Å². The SMILES string of the molecule is CC(NC(=O)c1cnc(N)s1)C1CCCC1. The first kappa shape index (κ1) is 11.4. The van der Waals surface area contributed by atoms with Crippen LogP contribution < -0.4 is 11.1 Å². The number of nitrogen functional groups attached to an aromatic ring is 1. The third-order valence-electron chi connectivity index (χ3n) is 3.21. The predicted octanol–water partition coefficient (Wildman–Crippen LogP) is 2.03. The van der Waals surface area contributed by atoms with Crippen molar-refractivity contribution in [2.45, 2.75) is 38.6 Å². The number of nitrogens with one attached hydrogen (secondary N) is 1. The molecule has 2 rings (SSSR count). The van der Waals surface area contributed by atoms with Crippen LogP contribution in [-0.2, 0) is 0 Å². The Morgan fingerprint density at radius 2 is 2.31 bits per heavy atom. The molecule has 1 fully saturated rings. The van der Waals surface area contributed by atoms with Crippen molar-refractivity contribution in [1.29, 1.82) is 0 Å². The van der Waals surface area contributed by atoms with Crippen molar-refractivity contribution < 1.29 is 4.79 Å². The van der Waals surface area contributed by atoms with Gasteiger partial charge in [0.2, 0.25) is 0 Å². The van der Waals surface area contributed by atoms with Gasteiger partial charge in [-0.2, -0.15) is 0 Å². The lowest BCUT2D eigenvalue weighted by Gasteiger charge is -2.19. The summed E-state index contributed by atoms with van der Waals surface area (Å²) in [5.41, 5.74) is 5.50. The van der Waals surface area contributed by atoms with Crippen molar-refractivity contribution in [3.05, 3.63) is 11.1 Å². The quantitative estimate of drug-likeness (QED) is 0.848. The Bertz CT molecular complexity index is 371. The van der Waals surface area contributed by atoms with Crippen molar-refractivity contribution in [3.63, 3.8) is 0 Å². The zero-order chi connectivity index (χ0) is 11.5. The van der Waals surface area contributed by atoms with Gasteiger partial charge in [-0.3, -0.25) is 4.79 Å². The second-order valence-electron chi connectivity index (χ2n) is 4.37. The molecule has 1 aliphatic rings. The Hall–Kier alpha value is -1.10. The van der Waals surface area contributed by atoms with Gasteiger partial charge in [-0.1, -0.05) is 24.2 Å². The highest BCUT2D eigenvalue weighted by Crippen LogP contribution is 2.27. The first-order valence-electron chi connectivity index (χ1n) is 5.69. The van der Waals surface area contributed by atoms with Crippen LogP contribution >= 0.6 is 11.3 Å². The summed E-state index contributed by atoms with van der Waals surface area (Å²) in [6.45, 7) is 2.08. The zero-order valence-electron chi connectivity index (χ0n) is 9.40. The summed E-state index contributed by atoms with van der Waals surface area (Å²) in [5.74, 6) is 0.586. The first-order valence-corrected chi connectivity index (χ1v) is 6.50. The average molecular weight is 239 g/mol. The van der Waals surface area contributed by atoms with Gasteiger partial charge in [0.1, 0.15) is 4.88 Å². The zero-order valence-corrected chi connectivity index (χ0v) is 10.2. The maximum atomic E-state index is 11.8. The monoisotopic (exact) mass is 239 g/mol. The molecule has 1 amide bonds. The maximum Gasteiger partial charge on any atom is 0.263 e. The van der Waals surface area contributed by atoms with Gasteiger partial charge in [-0.15, -0.1) is 0 Å². The fourth-order valence-corrected chi connectivity index (χ4v) is 2.83. The highest BCUT2D eigenvalue weighted by atomic mass is 32.1. The molecule has 0 radical (unpaired) electrons. The summed E-state index contributed by atoms with van der Waals surface area (Å²) >= 11 is 1.23. The van der Waals surface area contributed by atoms with Crippen molar-refractivity contribution >= 4 is 22.4 Å². The van der Waals surface area contributed by atoms with Crippen LogP contribution in [0.25, 0.3) is 0 Å². The number of thiazole rings is 1. The molecule has 4 nitrogen and oxygen atoms in total. The summed E-state index contributed by atoms with van der Waals surface area (Å²) in [4.78, 5) is 16.3. The van der Waals surface area contributed by atoms with Crippen LogP contribution in [0, 0.1) is 5.92 Å². The van der Waals surface area contributed by atoms with Gasteiger partial charge in [0.05, 0.1) is 6.20 Å². The number of anilines is 1. The average Bonchev–Trinajstić information content (AvgIpc) is 2.87. The van der Waals surface area contributed by atoms with Crippen molar-refractivity contribution in [3.8, 4) is 0 Å². The molecule has 0 aliphatic heterocycles. The molecule has 0 aromatic carbocycles. The molecule has 1 aromatic rings. The fourth-order valence-electron chi connectivity index (χ4n) is 2.25. The topological polar surface area (TPSA) is 68.0 Å². The molecule has 0 spiro atoms. The lowest BCUT2D eigenvalue weighted by molar-refractivity contribution is 0.0931. The smallest absolute Gasteiger partial charge is 0.263 e. The van der Waals surface area contributed by atoms with Crippen LogP contribution in [0.5, 0.6) is 0 Å². The van der Waals surface area contributed by atoms with Crippen molar-refractivity contribution in [1.82, 2.24) is 10.3 Å². The van der Waals surface area contributed by atoms with E-state index in [0.29, 0.717) is 15.9 Å². The lowest BCUT2D eigenvalue weighted by atomic mass is 10.00. The van der Waals surface area contributed by atoms with Crippen molar-refractivity contribution in [2.24, 2.45) is 5.92 Å². The van der Waals surface area contributed by atoms with Crippen LogP contribution in [0.15, 0.2) is 6.20 Å². The number of rotatable bonds is 3. The van der Waals surface area contributed by atoms with E-state index in [2.05, 4.69) is 17.2 Å². The van der Waals surface area contributed by atoms with Crippen LogP contribution in [-0.4, -0.2) is 16.9 Å². The summed E-state index contributed by atoms with van der Waals surface area (Å²) in [6.07, 6.45) is 6.58. The van der Waals surface area contributed by atoms with Gasteiger partial charge >= 0.3 is 0 Å². The minimum Gasteiger partial charge on any atom is -0.375 e.